The van der Waals surface area contributed by atoms with Gasteiger partial charge < -0.3 is 15.4 Å². The fraction of sp³-hybridized carbons (Fsp3) is 0.389. The van der Waals surface area contributed by atoms with E-state index in [0.29, 0.717) is 11.7 Å². The minimum absolute atomic E-state index is 0.505. The van der Waals surface area contributed by atoms with Crippen LogP contribution in [0.3, 0.4) is 0 Å². The second kappa shape index (κ2) is 9.22. The van der Waals surface area contributed by atoms with Crippen LogP contribution < -0.4 is 15.4 Å². The Morgan fingerprint density at radius 1 is 1.20 bits per heavy atom. The summed E-state index contributed by atoms with van der Waals surface area (Å²) >= 11 is 5.79. The van der Waals surface area contributed by atoms with Gasteiger partial charge in [-0.3, -0.25) is 9.98 Å². The maximum atomic E-state index is 5.79. The van der Waals surface area contributed by atoms with E-state index in [1.165, 1.54) is 0 Å². The zero-order valence-corrected chi connectivity index (χ0v) is 15.8. The standard InChI is InChI=1S/C18H24ClN5O/c1-12-9-22-15(13(2)17(12)25-4)11-24-18(20-3)21-8-7-14-5-6-16(19)23-10-14/h5-6,9-10H,7-8,11H2,1-4H3,(H2,20,21,24). The Hall–Kier alpha value is -2.34. The molecule has 2 aromatic rings. The molecule has 2 heterocycles. The van der Waals surface area contributed by atoms with Crippen LogP contribution >= 0.6 is 11.6 Å². The van der Waals surface area contributed by atoms with E-state index in [-0.39, 0.29) is 0 Å². The Kier molecular flexibility index (Phi) is 7.01. The van der Waals surface area contributed by atoms with Gasteiger partial charge in [0.25, 0.3) is 0 Å². The second-order valence-electron chi connectivity index (χ2n) is 5.64. The molecule has 2 N–H and O–H groups in total. The van der Waals surface area contributed by atoms with Crippen molar-refractivity contribution in [2.75, 3.05) is 20.7 Å². The van der Waals surface area contributed by atoms with Crippen LogP contribution in [0.25, 0.3) is 0 Å². The van der Waals surface area contributed by atoms with E-state index < -0.39 is 0 Å². The largest absolute Gasteiger partial charge is 0.496 e. The number of ether oxygens (including phenoxy) is 1. The summed E-state index contributed by atoms with van der Waals surface area (Å²) in [6, 6.07) is 3.77. The molecule has 0 radical (unpaired) electrons. The second-order valence-corrected chi connectivity index (χ2v) is 6.03. The molecule has 2 aromatic heterocycles. The lowest BCUT2D eigenvalue weighted by atomic mass is 10.1. The van der Waals surface area contributed by atoms with E-state index in [1.807, 2.05) is 26.1 Å². The Labute approximate surface area is 153 Å². The highest BCUT2D eigenvalue weighted by atomic mass is 35.5. The summed E-state index contributed by atoms with van der Waals surface area (Å²) in [4.78, 5) is 12.8. The number of methoxy groups -OCH3 is 1. The van der Waals surface area contributed by atoms with Crippen LogP contribution in [0, 0.1) is 13.8 Å². The molecule has 0 saturated carbocycles. The molecular weight excluding hydrogens is 338 g/mol. The lowest BCUT2D eigenvalue weighted by Gasteiger charge is -2.15. The summed E-state index contributed by atoms with van der Waals surface area (Å²) in [5.41, 5.74) is 4.13. The Balaban J connectivity index is 1.87. The summed E-state index contributed by atoms with van der Waals surface area (Å²) < 4.78 is 5.44. The number of rotatable bonds is 6. The fourth-order valence-electron chi connectivity index (χ4n) is 2.52. The molecule has 0 aromatic carbocycles. The molecule has 6 nitrogen and oxygen atoms in total. The molecule has 0 fully saturated rings. The highest BCUT2D eigenvalue weighted by Gasteiger charge is 2.09. The van der Waals surface area contributed by atoms with Crippen molar-refractivity contribution in [3.8, 4) is 5.75 Å². The van der Waals surface area contributed by atoms with Crippen molar-refractivity contribution in [1.29, 1.82) is 0 Å². The molecule has 134 valence electrons. The van der Waals surface area contributed by atoms with E-state index in [1.54, 1.807) is 26.4 Å². The first-order chi connectivity index (χ1) is 12.0. The summed E-state index contributed by atoms with van der Waals surface area (Å²) in [7, 11) is 3.42. The lowest BCUT2D eigenvalue weighted by Crippen LogP contribution is -2.38. The molecule has 2 rings (SSSR count). The van der Waals surface area contributed by atoms with Crippen molar-refractivity contribution in [3.05, 3.63) is 52.1 Å². The van der Waals surface area contributed by atoms with Gasteiger partial charge >= 0.3 is 0 Å². The van der Waals surface area contributed by atoms with E-state index in [9.17, 15) is 0 Å². The summed E-state index contributed by atoms with van der Waals surface area (Å²) in [6.07, 6.45) is 4.44. The zero-order chi connectivity index (χ0) is 18.2. The number of aryl methyl sites for hydroxylation is 1. The van der Waals surface area contributed by atoms with Gasteiger partial charge in [-0.15, -0.1) is 0 Å². The molecular formula is C18H24ClN5O. The van der Waals surface area contributed by atoms with Crippen molar-refractivity contribution in [2.24, 2.45) is 4.99 Å². The summed E-state index contributed by atoms with van der Waals surface area (Å²) in [5, 5.41) is 7.06. The molecule has 0 atom stereocenters. The molecule has 0 saturated heterocycles. The average Bonchev–Trinajstić information content (AvgIpc) is 2.61. The van der Waals surface area contributed by atoms with Crippen molar-refractivity contribution >= 4 is 17.6 Å². The number of pyridine rings is 2. The molecule has 7 heteroatoms. The van der Waals surface area contributed by atoms with E-state index in [4.69, 9.17) is 16.3 Å². The van der Waals surface area contributed by atoms with Crippen LogP contribution in [0.15, 0.2) is 29.5 Å². The zero-order valence-electron chi connectivity index (χ0n) is 15.1. The van der Waals surface area contributed by atoms with E-state index >= 15 is 0 Å². The topological polar surface area (TPSA) is 71.4 Å². The number of nitrogens with one attached hydrogen (secondary N) is 2. The van der Waals surface area contributed by atoms with Crippen LogP contribution in [0.5, 0.6) is 5.75 Å². The monoisotopic (exact) mass is 361 g/mol. The predicted molar refractivity (Wildman–Crippen MR) is 101 cm³/mol. The molecule has 25 heavy (non-hydrogen) atoms. The third kappa shape index (κ3) is 5.32. The Morgan fingerprint density at radius 3 is 2.64 bits per heavy atom. The molecule has 0 bridgehead atoms. The minimum Gasteiger partial charge on any atom is -0.496 e. The molecule has 0 unspecified atom stereocenters. The van der Waals surface area contributed by atoms with E-state index in [2.05, 4.69) is 25.6 Å². The highest BCUT2D eigenvalue weighted by molar-refractivity contribution is 6.29. The molecule has 0 amide bonds. The van der Waals surface area contributed by atoms with Crippen LogP contribution in [0.4, 0.5) is 0 Å². The maximum Gasteiger partial charge on any atom is 0.191 e. The van der Waals surface area contributed by atoms with Gasteiger partial charge in [0.15, 0.2) is 5.96 Å². The lowest BCUT2D eigenvalue weighted by molar-refractivity contribution is 0.406. The van der Waals surface area contributed by atoms with Crippen LogP contribution in [0.1, 0.15) is 22.4 Å². The Bertz CT molecular complexity index is 731. The molecule has 0 aliphatic rings. The number of aromatic nitrogens is 2. The van der Waals surface area contributed by atoms with Crippen molar-refractivity contribution in [3.63, 3.8) is 0 Å². The quantitative estimate of drug-likeness (QED) is 0.470. The number of aliphatic imine (C=N–C) groups is 1. The average molecular weight is 362 g/mol. The molecule has 0 aliphatic carbocycles. The number of halogens is 1. The van der Waals surface area contributed by atoms with Gasteiger partial charge in [-0.2, -0.15) is 0 Å². The van der Waals surface area contributed by atoms with Gasteiger partial charge in [0.1, 0.15) is 10.9 Å². The van der Waals surface area contributed by atoms with Gasteiger partial charge in [0.2, 0.25) is 0 Å². The predicted octanol–water partition coefficient (Wildman–Crippen LogP) is 2.66. The maximum absolute atomic E-state index is 5.79. The van der Waals surface area contributed by atoms with Crippen molar-refractivity contribution in [1.82, 2.24) is 20.6 Å². The first kappa shape index (κ1) is 19.0. The van der Waals surface area contributed by atoms with Gasteiger partial charge in [-0.05, 0) is 31.9 Å². The summed E-state index contributed by atoms with van der Waals surface area (Å²) in [5.74, 6) is 1.60. The van der Waals surface area contributed by atoms with Crippen LogP contribution in [0.2, 0.25) is 5.15 Å². The third-order valence-electron chi connectivity index (χ3n) is 3.89. The molecule has 0 aliphatic heterocycles. The smallest absolute Gasteiger partial charge is 0.191 e. The Morgan fingerprint density at radius 2 is 2.00 bits per heavy atom. The van der Waals surface area contributed by atoms with Crippen molar-refractivity contribution in [2.45, 2.75) is 26.8 Å². The SMILES string of the molecule is CN=C(NCCc1ccc(Cl)nc1)NCc1ncc(C)c(OC)c1C. The highest BCUT2D eigenvalue weighted by Crippen LogP contribution is 2.23. The van der Waals surface area contributed by atoms with Gasteiger partial charge in [-0.25, -0.2) is 4.98 Å². The van der Waals surface area contributed by atoms with Crippen LogP contribution in [-0.4, -0.2) is 36.6 Å². The van der Waals surface area contributed by atoms with Gasteiger partial charge in [0, 0.05) is 37.1 Å². The van der Waals surface area contributed by atoms with Gasteiger partial charge in [-0.1, -0.05) is 17.7 Å². The fourth-order valence-corrected chi connectivity index (χ4v) is 2.63. The molecule has 0 spiro atoms. The van der Waals surface area contributed by atoms with E-state index in [0.717, 1.165) is 47.1 Å². The van der Waals surface area contributed by atoms with Gasteiger partial charge in [0.05, 0.1) is 19.3 Å². The normalized spacial score (nSPS) is 11.3. The first-order valence-corrected chi connectivity index (χ1v) is 8.47. The third-order valence-corrected chi connectivity index (χ3v) is 4.12. The van der Waals surface area contributed by atoms with Crippen LogP contribution in [-0.2, 0) is 13.0 Å². The summed E-state index contributed by atoms with van der Waals surface area (Å²) in [6.45, 7) is 5.32. The van der Waals surface area contributed by atoms with Crippen molar-refractivity contribution < 1.29 is 4.74 Å². The number of guanidine groups is 1. The first-order valence-electron chi connectivity index (χ1n) is 8.09. The number of nitrogens with zero attached hydrogens (tertiary/aromatic N) is 3. The number of hydrogen-bond acceptors (Lipinski definition) is 4. The minimum atomic E-state index is 0.505. The number of hydrogen-bond donors (Lipinski definition) is 2.